The number of hydrogen-bond acceptors (Lipinski definition) is 5. The van der Waals surface area contributed by atoms with Gasteiger partial charge in [0.25, 0.3) is 0 Å². The summed E-state index contributed by atoms with van der Waals surface area (Å²) in [5.41, 5.74) is 6.51. The van der Waals surface area contributed by atoms with Crippen molar-refractivity contribution in [2.45, 2.75) is 32.1 Å². The lowest BCUT2D eigenvalue weighted by atomic mass is 9.82. The van der Waals surface area contributed by atoms with Crippen LogP contribution in [0.25, 0.3) is 0 Å². The summed E-state index contributed by atoms with van der Waals surface area (Å²) in [4.78, 5) is 18.5. The molecule has 1 N–H and O–H groups in total. The zero-order valence-corrected chi connectivity index (χ0v) is 18.2. The van der Waals surface area contributed by atoms with E-state index in [1.54, 1.807) is 18.5 Å². The van der Waals surface area contributed by atoms with Gasteiger partial charge in [0, 0.05) is 36.6 Å². The summed E-state index contributed by atoms with van der Waals surface area (Å²) < 4.78 is 4.90. The summed E-state index contributed by atoms with van der Waals surface area (Å²) in [6.07, 6.45) is 6.70. The third-order valence-electron chi connectivity index (χ3n) is 6.03. The number of aryl methyl sites for hydroxylation is 1. The Bertz CT molecular complexity index is 1040. The molecular weight excluding hydrogens is 386 g/mol. The number of ether oxygens (including phenoxy) is 1. The summed E-state index contributed by atoms with van der Waals surface area (Å²) in [6.45, 7) is 3.87. The maximum atomic E-state index is 12.0. The minimum absolute atomic E-state index is 0.348. The van der Waals surface area contributed by atoms with Gasteiger partial charge >= 0.3 is 5.97 Å². The topological polar surface area (TPSA) is 54.5 Å². The van der Waals surface area contributed by atoms with E-state index in [2.05, 4.69) is 70.7 Å². The largest absolute Gasteiger partial charge is 0.465 e. The van der Waals surface area contributed by atoms with Crippen LogP contribution in [0.2, 0.25) is 0 Å². The molecule has 4 rings (SSSR count). The molecule has 0 amide bonds. The van der Waals surface area contributed by atoms with E-state index in [4.69, 9.17) is 4.74 Å². The van der Waals surface area contributed by atoms with Gasteiger partial charge in [-0.1, -0.05) is 24.3 Å². The molecule has 0 spiro atoms. The number of rotatable bonds is 7. The lowest BCUT2D eigenvalue weighted by molar-refractivity contribution is 0.0601. The first-order chi connectivity index (χ1) is 15.2. The Morgan fingerprint density at radius 1 is 1.16 bits per heavy atom. The molecule has 160 valence electrons. The summed E-state index contributed by atoms with van der Waals surface area (Å²) in [6, 6.07) is 19.1. The first-order valence-electron chi connectivity index (χ1n) is 10.9. The molecule has 0 bridgehead atoms. The van der Waals surface area contributed by atoms with Crippen LogP contribution in [-0.2, 0) is 11.2 Å². The molecular formula is C26H29N3O2. The third kappa shape index (κ3) is 4.55. The van der Waals surface area contributed by atoms with Gasteiger partial charge in [-0.05, 0) is 67.6 Å². The minimum Gasteiger partial charge on any atom is -0.465 e. The van der Waals surface area contributed by atoms with Crippen molar-refractivity contribution in [3.63, 3.8) is 0 Å². The van der Waals surface area contributed by atoms with Crippen LogP contribution in [0.1, 0.15) is 47.2 Å². The lowest BCUT2D eigenvalue weighted by Gasteiger charge is -2.29. The van der Waals surface area contributed by atoms with Crippen molar-refractivity contribution in [2.75, 3.05) is 30.4 Å². The smallest absolute Gasteiger partial charge is 0.340 e. The number of anilines is 3. The Morgan fingerprint density at radius 3 is 2.77 bits per heavy atom. The summed E-state index contributed by atoms with van der Waals surface area (Å²) in [7, 11) is 1.40. The van der Waals surface area contributed by atoms with Gasteiger partial charge in [0.05, 0.1) is 24.6 Å². The number of pyridine rings is 1. The van der Waals surface area contributed by atoms with E-state index < -0.39 is 0 Å². The number of nitrogens with one attached hydrogen (secondary N) is 1. The molecule has 0 saturated heterocycles. The van der Waals surface area contributed by atoms with Crippen molar-refractivity contribution in [1.29, 1.82) is 0 Å². The number of esters is 1. The third-order valence-corrected chi connectivity index (χ3v) is 6.03. The van der Waals surface area contributed by atoms with Crippen LogP contribution in [0.15, 0.2) is 67.0 Å². The van der Waals surface area contributed by atoms with Crippen molar-refractivity contribution in [1.82, 2.24) is 4.98 Å². The number of carbonyl (C=O) groups is 1. The van der Waals surface area contributed by atoms with Gasteiger partial charge in [-0.15, -0.1) is 0 Å². The molecule has 31 heavy (non-hydrogen) atoms. The fourth-order valence-electron chi connectivity index (χ4n) is 4.46. The van der Waals surface area contributed by atoms with Gasteiger partial charge in [-0.25, -0.2) is 4.79 Å². The minimum atomic E-state index is -0.348. The molecule has 0 fully saturated rings. The SMILES string of the molecule is CCN(c1ccccc1)c1ccc2c(c1)CCC[C@H]2CNc1cnccc1C(=O)OC. The first-order valence-corrected chi connectivity index (χ1v) is 10.9. The predicted molar refractivity (Wildman–Crippen MR) is 125 cm³/mol. The van der Waals surface area contributed by atoms with E-state index in [1.165, 1.54) is 29.6 Å². The normalized spacial score (nSPS) is 15.1. The quantitative estimate of drug-likeness (QED) is 0.512. The number of methoxy groups -OCH3 is 1. The fraction of sp³-hybridized carbons (Fsp3) is 0.308. The Morgan fingerprint density at radius 2 is 2.00 bits per heavy atom. The second-order valence-corrected chi connectivity index (χ2v) is 7.85. The summed E-state index contributed by atoms with van der Waals surface area (Å²) in [5.74, 6) is 0.0504. The molecule has 1 atom stereocenters. The van der Waals surface area contributed by atoms with Gasteiger partial charge in [0.2, 0.25) is 0 Å². The Hall–Kier alpha value is -3.34. The zero-order valence-electron chi connectivity index (χ0n) is 18.2. The highest BCUT2D eigenvalue weighted by Crippen LogP contribution is 2.36. The van der Waals surface area contributed by atoms with Crippen molar-refractivity contribution in [3.8, 4) is 0 Å². The summed E-state index contributed by atoms with van der Waals surface area (Å²) >= 11 is 0. The highest BCUT2D eigenvalue weighted by Gasteiger charge is 2.22. The van der Waals surface area contributed by atoms with Gasteiger partial charge in [0.15, 0.2) is 0 Å². The van der Waals surface area contributed by atoms with E-state index in [1.807, 2.05) is 0 Å². The molecule has 2 aromatic carbocycles. The first kappa shape index (κ1) is 20.9. The van der Waals surface area contributed by atoms with Crippen LogP contribution < -0.4 is 10.2 Å². The molecule has 1 aliphatic carbocycles. The van der Waals surface area contributed by atoms with E-state index in [-0.39, 0.29) is 5.97 Å². The Balaban J connectivity index is 1.54. The number of para-hydroxylation sites is 1. The molecule has 1 heterocycles. The van der Waals surface area contributed by atoms with Crippen LogP contribution in [-0.4, -0.2) is 31.2 Å². The van der Waals surface area contributed by atoms with Gasteiger partial charge in [-0.3, -0.25) is 4.98 Å². The average molecular weight is 416 g/mol. The molecule has 1 aromatic heterocycles. The highest BCUT2D eigenvalue weighted by molar-refractivity contribution is 5.95. The monoisotopic (exact) mass is 415 g/mol. The molecule has 5 heteroatoms. The molecule has 0 radical (unpaired) electrons. The standard InChI is InChI=1S/C26H29N3O2/c1-3-29(21-10-5-4-6-11-21)22-12-13-23-19(16-22)8-7-9-20(23)17-28-25-18-27-15-14-24(25)26(30)31-2/h4-6,10-16,18,20,28H,3,7-9,17H2,1-2H3/t20-/m0/s1. The second kappa shape index (κ2) is 9.65. The number of nitrogens with zero attached hydrogens (tertiary/aromatic N) is 2. The van der Waals surface area contributed by atoms with Crippen LogP contribution in [0.5, 0.6) is 0 Å². The maximum Gasteiger partial charge on any atom is 0.340 e. The van der Waals surface area contributed by atoms with Crippen molar-refractivity contribution in [3.05, 3.63) is 83.7 Å². The lowest BCUT2D eigenvalue weighted by Crippen LogP contribution is -2.21. The predicted octanol–water partition coefficient (Wildman–Crippen LogP) is 5.56. The zero-order chi connectivity index (χ0) is 21.6. The van der Waals surface area contributed by atoms with E-state index in [9.17, 15) is 4.79 Å². The fourth-order valence-corrected chi connectivity index (χ4v) is 4.46. The van der Waals surface area contributed by atoms with Crippen molar-refractivity contribution < 1.29 is 9.53 Å². The Labute approximate surface area is 184 Å². The number of benzene rings is 2. The molecule has 0 aliphatic heterocycles. The van der Waals surface area contributed by atoms with Crippen LogP contribution >= 0.6 is 0 Å². The number of hydrogen-bond donors (Lipinski definition) is 1. The molecule has 1 aliphatic rings. The van der Waals surface area contributed by atoms with E-state index >= 15 is 0 Å². The number of aromatic nitrogens is 1. The van der Waals surface area contributed by atoms with Crippen LogP contribution in [0.3, 0.4) is 0 Å². The molecule has 0 unspecified atom stereocenters. The van der Waals surface area contributed by atoms with Crippen molar-refractivity contribution >= 4 is 23.0 Å². The van der Waals surface area contributed by atoms with Crippen LogP contribution in [0.4, 0.5) is 17.1 Å². The summed E-state index contributed by atoms with van der Waals surface area (Å²) in [5, 5.41) is 3.44. The van der Waals surface area contributed by atoms with E-state index in [0.717, 1.165) is 38.0 Å². The molecule has 0 saturated carbocycles. The Kier molecular flexibility index (Phi) is 6.51. The second-order valence-electron chi connectivity index (χ2n) is 7.85. The molecule has 5 nitrogen and oxygen atoms in total. The van der Waals surface area contributed by atoms with Gasteiger partial charge < -0.3 is 15.0 Å². The van der Waals surface area contributed by atoms with Gasteiger partial charge in [-0.2, -0.15) is 0 Å². The number of carbonyl (C=O) groups excluding carboxylic acids is 1. The number of fused-ring (bicyclic) bond motifs is 1. The maximum absolute atomic E-state index is 12.0. The molecule has 3 aromatic rings. The van der Waals surface area contributed by atoms with Crippen LogP contribution in [0, 0.1) is 0 Å². The average Bonchev–Trinajstić information content (AvgIpc) is 2.83. The van der Waals surface area contributed by atoms with Crippen molar-refractivity contribution in [2.24, 2.45) is 0 Å². The highest BCUT2D eigenvalue weighted by atomic mass is 16.5. The van der Waals surface area contributed by atoms with E-state index in [0.29, 0.717) is 11.5 Å². The van der Waals surface area contributed by atoms with Gasteiger partial charge in [0.1, 0.15) is 0 Å².